The van der Waals surface area contributed by atoms with Crippen LogP contribution < -0.4 is 0 Å². The minimum absolute atomic E-state index is 0.000877. The van der Waals surface area contributed by atoms with Crippen molar-refractivity contribution in [3.05, 3.63) is 29.8 Å². The quantitative estimate of drug-likeness (QED) is 0.123. The topological polar surface area (TPSA) is 46.5 Å². The Bertz CT molecular complexity index is 627. The molecule has 0 fully saturated rings. The van der Waals surface area contributed by atoms with Gasteiger partial charge in [-0.25, -0.2) is 0 Å². The summed E-state index contributed by atoms with van der Waals surface area (Å²) in [5.41, 5.74) is 1.31. The van der Waals surface area contributed by atoms with Gasteiger partial charge in [0.2, 0.25) is 0 Å². The Hall–Kier alpha value is -1.51. The summed E-state index contributed by atoms with van der Waals surface area (Å²) in [6, 6.07) is 7.89. The number of carbonyl (C=O) groups excluding carboxylic acids is 1. The second kappa shape index (κ2) is 21.7. The van der Waals surface area contributed by atoms with E-state index in [0.29, 0.717) is 30.6 Å². The molecular formula is C32H56O3. The molecule has 202 valence electrons. The van der Waals surface area contributed by atoms with Crippen molar-refractivity contribution < 1.29 is 14.6 Å². The van der Waals surface area contributed by atoms with Gasteiger partial charge in [0, 0.05) is 6.42 Å². The maximum atomic E-state index is 12.0. The third kappa shape index (κ3) is 16.7. The summed E-state index contributed by atoms with van der Waals surface area (Å²) in [5.74, 6) is 1.53. The minimum Gasteiger partial charge on any atom is -0.508 e. The Balaban J connectivity index is 1.98. The number of unbranched alkanes of at least 4 members (excludes halogenated alkanes) is 11. The molecule has 3 nitrogen and oxygen atoms in total. The first-order valence-electron chi connectivity index (χ1n) is 15.0. The van der Waals surface area contributed by atoms with Crippen molar-refractivity contribution in [2.45, 2.75) is 149 Å². The first kappa shape index (κ1) is 31.5. The maximum absolute atomic E-state index is 12.0. The highest BCUT2D eigenvalue weighted by atomic mass is 16.5. The molecule has 2 atom stereocenters. The monoisotopic (exact) mass is 488 g/mol. The van der Waals surface area contributed by atoms with Crippen LogP contribution in [0.15, 0.2) is 24.3 Å². The first-order valence-corrected chi connectivity index (χ1v) is 15.0. The van der Waals surface area contributed by atoms with Crippen LogP contribution in [0.4, 0.5) is 0 Å². The molecule has 1 N–H and O–H groups in total. The Morgan fingerprint density at radius 1 is 0.771 bits per heavy atom. The maximum Gasteiger partial charge on any atom is 0.305 e. The van der Waals surface area contributed by atoms with Gasteiger partial charge in [0.15, 0.2) is 0 Å². The number of phenolic OH excluding ortho intramolecular Hbond substituents is 1. The lowest BCUT2D eigenvalue weighted by molar-refractivity contribution is -0.145. The SMILES string of the molecule is CCCCC(CC)COC(=O)CCCCCCCCCCCCC(CCCC)c1cccc(O)c1. The van der Waals surface area contributed by atoms with E-state index in [0.717, 1.165) is 19.3 Å². The summed E-state index contributed by atoms with van der Waals surface area (Å²) in [6.45, 7) is 7.28. The number of aromatic hydroxyl groups is 1. The van der Waals surface area contributed by atoms with Crippen LogP contribution in [-0.2, 0) is 9.53 Å². The van der Waals surface area contributed by atoms with Crippen LogP contribution >= 0.6 is 0 Å². The smallest absolute Gasteiger partial charge is 0.305 e. The molecule has 0 spiro atoms. The number of carbonyl (C=O) groups is 1. The molecule has 0 aromatic heterocycles. The number of esters is 1. The number of phenols is 1. The number of ether oxygens (including phenoxy) is 1. The summed E-state index contributed by atoms with van der Waals surface area (Å²) in [5, 5.41) is 9.82. The van der Waals surface area contributed by atoms with Gasteiger partial charge in [0.1, 0.15) is 5.75 Å². The molecule has 0 aliphatic rings. The average Bonchev–Trinajstić information content (AvgIpc) is 2.86. The highest BCUT2D eigenvalue weighted by Gasteiger charge is 2.12. The van der Waals surface area contributed by atoms with E-state index in [-0.39, 0.29) is 5.97 Å². The van der Waals surface area contributed by atoms with E-state index < -0.39 is 0 Å². The van der Waals surface area contributed by atoms with Gasteiger partial charge in [-0.3, -0.25) is 4.79 Å². The molecule has 0 radical (unpaired) electrons. The van der Waals surface area contributed by atoms with Crippen LogP contribution in [-0.4, -0.2) is 17.7 Å². The molecule has 1 aromatic carbocycles. The van der Waals surface area contributed by atoms with Crippen molar-refractivity contribution in [2.24, 2.45) is 5.92 Å². The Kier molecular flexibility index (Phi) is 19.6. The van der Waals surface area contributed by atoms with E-state index >= 15 is 0 Å². The number of benzene rings is 1. The third-order valence-corrected chi connectivity index (χ3v) is 7.45. The Labute approximate surface area is 217 Å². The van der Waals surface area contributed by atoms with Crippen molar-refractivity contribution in [1.82, 2.24) is 0 Å². The van der Waals surface area contributed by atoms with E-state index in [1.807, 2.05) is 12.1 Å². The van der Waals surface area contributed by atoms with Crippen molar-refractivity contribution in [2.75, 3.05) is 6.61 Å². The standard InChI is InChI=1S/C32H56O3/c1-4-7-20-28(6-3)27-35-32(34)25-18-16-14-12-10-9-11-13-15-17-22-29(21-8-5-2)30-23-19-24-31(33)26-30/h19,23-24,26,28-29,33H,4-18,20-22,25,27H2,1-3H3. The summed E-state index contributed by atoms with van der Waals surface area (Å²) < 4.78 is 5.50. The summed E-state index contributed by atoms with van der Waals surface area (Å²) in [7, 11) is 0. The molecule has 35 heavy (non-hydrogen) atoms. The molecule has 0 bridgehead atoms. The molecule has 0 aliphatic heterocycles. The minimum atomic E-state index is 0.000877. The number of hydrogen-bond donors (Lipinski definition) is 1. The van der Waals surface area contributed by atoms with E-state index in [1.54, 1.807) is 6.07 Å². The van der Waals surface area contributed by atoms with Gasteiger partial charge in [0.25, 0.3) is 0 Å². The fraction of sp³-hybridized carbons (Fsp3) is 0.781. The zero-order chi connectivity index (χ0) is 25.6. The Morgan fingerprint density at radius 2 is 1.34 bits per heavy atom. The predicted molar refractivity (Wildman–Crippen MR) is 150 cm³/mol. The predicted octanol–water partition coefficient (Wildman–Crippen LogP) is 10.1. The van der Waals surface area contributed by atoms with E-state index in [9.17, 15) is 9.90 Å². The van der Waals surface area contributed by atoms with Crippen molar-refractivity contribution >= 4 is 5.97 Å². The van der Waals surface area contributed by atoms with E-state index in [1.165, 1.54) is 102 Å². The van der Waals surface area contributed by atoms with Crippen molar-refractivity contribution in [1.29, 1.82) is 0 Å². The fourth-order valence-electron chi connectivity index (χ4n) is 4.96. The van der Waals surface area contributed by atoms with Crippen LogP contribution in [0.3, 0.4) is 0 Å². The molecule has 0 aliphatic carbocycles. The molecule has 1 aromatic rings. The Morgan fingerprint density at radius 3 is 1.94 bits per heavy atom. The van der Waals surface area contributed by atoms with Crippen LogP contribution in [0.25, 0.3) is 0 Å². The van der Waals surface area contributed by atoms with Gasteiger partial charge in [-0.05, 0) is 55.2 Å². The molecule has 0 saturated carbocycles. The van der Waals surface area contributed by atoms with Crippen LogP contribution in [0.5, 0.6) is 5.75 Å². The fourth-order valence-corrected chi connectivity index (χ4v) is 4.96. The first-order chi connectivity index (χ1) is 17.1. The second-order valence-electron chi connectivity index (χ2n) is 10.6. The molecule has 2 unspecified atom stereocenters. The zero-order valence-corrected chi connectivity index (χ0v) is 23.4. The normalized spacial score (nSPS) is 13.0. The van der Waals surface area contributed by atoms with Gasteiger partial charge in [-0.2, -0.15) is 0 Å². The number of hydrogen-bond acceptors (Lipinski definition) is 3. The summed E-state index contributed by atoms with van der Waals surface area (Å²) in [4.78, 5) is 12.0. The van der Waals surface area contributed by atoms with Gasteiger partial charge < -0.3 is 9.84 Å². The molecular weight excluding hydrogens is 432 g/mol. The molecule has 0 heterocycles. The largest absolute Gasteiger partial charge is 0.508 e. The van der Waals surface area contributed by atoms with Gasteiger partial charge >= 0.3 is 5.97 Å². The zero-order valence-electron chi connectivity index (χ0n) is 23.4. The van der Waals surface area contributed by atoms with Gasteiger partial charge in [0.05, 0.1) is 6.61 Å². The average molecular weight is 489 g/mol. The second-order valence-corrected chi connectivity index (χ2v) is 10.6. The molecule has 1 rings (SSSR count). The number of rotatable bonds is 23. The van der Waals surface area contributed by atoms with E-state index in [4.69, 9.17) is 4.74 Å². The van der Waals surface area contributed by atoms with Crippen LogP contribution in [0.2, 0.25) is 0 Å². The molecule has 0 saturated heterocycles. The summed E-state index contributed by atoms with van der Waals surface area (Å²) in [6.07, 6.45) is 22.9. The van der Waals surface area contributed by atoms with E-state index in [2.05, 4.69) is 26.8 Å². The highest BCUT2D eigenvalue weighted by molar-refractivity contribution is 5.69. The van der Waals surface area contributed by atoms with Crippen LogP contribution in [0.1, 0.15) is 154 Å². The highest BCUT2D eigenvalue weighted by Crippen LogP contribution is 2.30. The molecule has 0 amide bonds. The lowest BCUT2D eigenvalue weighted by atomic mass is 9.88. The third-order valence-electron chi connectivity index (χ3n) is 7.45. The van der Waals surface area contributed by atoms with Crippen molar-refractivity contribution in [3.8, 4) is 5.75 Å². The van der Waals surface area contributed by atoms with Crippen molar-refractivity contribution in [3.63, 3.8) is 0 Å². The lowest BCUT2D eigenvalue weighted by Crippen LogP contribution is -2.13. The van der Waals surface area contributed by atoms with Gasteiger partial charge in [-0.15, -0.1) is 0 Å². The summed E-state index contributed by atoms with van der Waals surface area (Å²) >= 11 is 0. The van der Waals surface area contributed by atoms with Crippen LogP contribution in [0, 0.1) is 5.92 Å². The molecule has 3 heteroatoms. The van der Waals surface area contributed by atoms with Gasteiger partial charge in [-0.1, -0.05) is 123 Å². The lowest BCUT2D eigenvalue weighted by Gasteiger charge is -2.17.